The van der Waals surface area contributed by atoms with Crippen LogP contribution in [-0.4, -0.2) is 96.9 Å². The minimum atomic E-state index is -0.584. The second kappa shape index (κ2) is 17.7. The maximum Gasteiger partial charge on any atom is 0.410 e. The predicted molar refractivity (Wildman–Crippen MR) is 196 cm³/mol. The third kappa shape index (κ3) is 9.69. The molecule has 1 fully saturated rings. The second-order valence-corrected chi connectivity index (χ2v) is 13.8. The van der Waals surface area contributed by atoms with Crippen molar-refractivity contribution in [2.75, 3.05) is 60.4 Å². The molecule has 2 atom stereocenters. The molecule has 1 aliphatic heterocycles. The number of amides is 1. The van der Waals surface area contributed by atoms with E-state index in [9.17, 15) is 4.79 Å². The molecule has 0 bridgehead atoms. The number of H-pyrrole nitrogens is 2. The number of carbonyl (C=O) groups excluding carboxylic acids is 1. The van der Waals surface area contributed by atoms with E-state index in [1.165, 1.54) is 0 Å². The number of imidazole rings is 2. The van der Waals surface area contributed by atoms with Crippen LogP contribution < -0.4 is 9.47 Å². The van der Waals surface area contributed by atoms with Crippen molar-refractivity contribution in [1.82, 2.24) is 24.8 Å². The van der Waals surface area contributed by atoms with Crippen LogP contribution in [0.4, 0.5) is 4.79 Å². The first-order valence-corrected chi connectivity index (χ1v) is 17.8. The van der Waals surface area contributed by atoms with E-state index in [1.54, 1.807) is 25.3 Å². The molecular formula is C39H53N5O7. The third-order valence-electron chi connectivity index (χ3n) is 8.55. The van der Waals surface area contributed by atoms with Gasteiger partial charge in [-0.3, -0.25) is 4.90 Å². The average Bonchev–Trinajstić information content (AvgIpc) is 3.90. The summed E-state index contributed by atoms with van der Waals surface area (Å²) in [6.45, 7) is 13.3. The summed E-state index contributed by atoms with van der Waals surface area (Å²) < 4.78 is 34.9. The molecule has 0 saturated carbocycles. The Kier molecular flexibility index (Phi) is 13.1. The molecule has 1 aliphatic rings. The van der Waals surface area contributed by atoms with Gasteiger partial charge in [0, 0.05) is 44.4 Å². The summed E-state index contributed by atoms with van der Waals surface area (Å²) in [7, 11) is 3.28. The number of hydrogen-bond donors (Lipinski definition) is 2. The first kappa shape index (κ1) is 37.9. The Bertz CT molecular complexity index is 1690. The lowest BCUT2D eigenvalue weighted by Gasteiger charge is -2.27. The fourth-order valence-electron chi connectivity index (χ4n) is 6.02. The fourth-order valence-corrected chi connectivity index (χ4v) is 6.02. The van der Waals surface area contributed by atoms with Crippen LogP contribution in [0.5, 0.6) is 11.5 Å². The van der Waals surface area contributed by atoms with Gasteiger partial charge in [-0.25, -0.2) is 14.8 Å². The van der Waals surface area contributed by atoms with E-state index < -0.39 is 5.60 Å². The first-order chi connectivity index (χ1) is 24.6. The van der Waals surface area contributed by atoms with Crippen LogP contribution in [0.2, 0.25) is 0 Å². The molecule has 1 amide bonds. The number of ether oxygens (including phenoxy) is 6. The Hall–Kier alpha value is -4.39. The lowest BCUT2D eigenvalue weighted by Crippen LogP contribution is -2.36. The van der Waals surface area contributed by atoms with Crippen molar-refractivity contribution in [3.63, 3.8) is 0 Å². The summed E-state index contributed by atoms with van der Waals surface area (Å²) in [5.41, 5.74) is 4.73. The van der Waals surface area contributed by atoms with E-state index in [-0.39, 0.29) is 18.1 Å². The number of aromatic nitrogens is 4. The Labute approximate surface area is 301 Å². The summed E-state index contributed by atoms with van der Waals surface area (Å²) in [4.78, 5) is 31.1. The zero-order valence-electron chi connectivity index (χ0n) is 31.0. The second-order valence-electron chi connectivity index (χ2n) is 13.8. The Morgan fingerprint density at radius 2 is 1.51 bits per heavy atom. The van der Waals surface area contributed by atoms with Gasteiger partial charge in [0.2, 0.25) is 0 Å². The summed E-state index contributed by atoms with van der Waals surface area (Å²) in [6, 6.07) is 12.1. The first-order valence-electron chi connectivity index (χ1n) is 17.8. The van der Waals surface area contributed by atoms with Crippen molar-refractivity contribution in [2.45, 2.75) is 71.4 Å². The monoisotopic (exact) mass is 703 g/mol. The number of nitrogens with one attached hydrogen (secondary N) is 2. The van der Waals surface area contributed by atoms with Crippen molar-refractivity contribution in [3.05, 3.63) is 60.4 Å². The molecule has 3 heterocycles. The molecule has 0 unspecified atom stereocenters. The minimum absolute atomic E-state index is 0.166. The van der Waals surface area contributed by atoms with Crippen molar-refractivity contribution < 1.29 is 33.2 Å². The van der Waals surface area contributed by atoms with Gasteiger partial charge in [0.05, 0.1) is 49.6 Å². The van der Waals surface area contributed by atoms with Gasteiger partial charge in [-0.05, 0) is 63.3 Å². The number of methoxy groups -OCH3 is 2. The van der Waals surface area contributed by atoms with Crippen LogP contribution >= 0.6 is 0 Å². The topological polar surface area (TPSA) is 133 Å². The predicted octanol–water partition coefficient (Wildman–Crippen LogP) is 7.79. The van der Waals surface area contributed by atoms with E-state index in [0.29, 0.717) is 56.9 Å². The molecule has 0 spiro atoms. The summed E-state index contributed by atoms with van der Waals surface area (Å²) in [5.74, 6) is 2.92. The molecule has 0 radical (unpaired) electrons. The Morgan fingerprint density at radius 1 is 0.863 bits per heavy atom. The summed E-state index contributed by atoms with van der Waals surface area (Å²) in [6.07, 6.45) is 5.96. The molecule has 0 aliphatic carbocycles. The van der Waals surface area contributed by atoms with E-state index in [4.69, 9.17) is 33.4 Å². The van der Waals surface area contributed by atoms with Gasteiger partial charge in [0.15, 0.2) is 11.5 Å². The molecule has 2 N–H and O–H groups in total. The van der Waals surface area contributed by atoms with E-state index in [2.05, 4.69) is 53.1 Å². The molecule has 2 aromatic heterocycles. The summed E-state index contributed by atoms with van der Waals surface area (Å²) in [5, 5.41) is 0. The van der Waals surface area contributed by atoms with Gasteiger partial charge in [-0.2, -0.15) is 0 Å². The lowest BCUT2D eigenvalue weighted by molar-refractivity contribution is 0.0218. The molecular weight excluding hydrogens is 650 g/mol. The van der Waals surface area contributed by atoms with Gasteiger partial charge in [0.1, 0.15) is 30.5 Å². The highest BCUT2D eigenvalue weighted by atomic mass is 16.6. The average molecular weight is 704 g/mol. The number of nitrogens with zero attached hydrogens (tertiary/aromatic N) is 3. The number of benzene rings is 2. The molecule has 12 heteroatoms. The highest BCUT2D eigenvalue weighted by Gasteiger charge is 2.35. The molecule has 12 nitrogen and oxygen atoms in total. The molecule has 4 aromatic rings. The van der Waals surface area contributed by atoms with Crippen molar-refractivity contribution in [1.29, 1.82) is 0 Å². The quantitative estimate of drug-likeness (QED) is 0.106. The molecule has 276 valence electrons. The summed E-state index contributed by atoms with van der Waals surface area (Å²) >= 11 is 0. The zero-order chi connectivity index (χ0) is 36.4. The lowest BCUT2D eigenvalue weighted by atomic mass is 9.98. The number of rotatable bonds is 17. The van der Waals surface area contributed by atoms with Crippen LogP contribution in [0.1, 0.15) is 77.5 Å². The van der Waals surface area contributed by atoms with Gasteiger partial charge in [-0.1, -0.05) is 38.1 Å². The van der Waals surface area contributed by atoms with Crippen LogP contribution in [0.3, 0.4) is 0 Å². The number of aromatic amines is 2. The maximum absolute atomic E-state index is 13.0. The molecule has 2 aromatic carbocycles. The number of hydrogen-bond acceptors (Lipinski definition) is 9. The fraction of sp³-hybridized carbons (Fsp3) is 0.513. The van der Waals surface area contributed by atoms with Crippen LogP contribution in [0, 0.1) is 0 Å². The molecule has 51 heavy (non-hydrogen) atoms. The third-order valence-corrected chi connectivity index (χ3v) is 8.55. The van der Waals surface area contributed by atoms with Gasteiger partial charge in [-0.15, -0.1) is 0 Å². The van der Waals surface area contributed by atoms with Gasteiger partial charge in [0.25, 0.3) is 0 Å². The minimum Gasteiger partial charge on any atom is -0.487 e. The van der Waals surface area contributed by atoms with Crippen molar-refractivity contribution in [2.24, 2.45) is 0 Å². The number of likely N-dealkylation sites (tertiary alicyclic amines) is 1. The smallest absolute Gasteiger partial charge is 0.410 e. The molecule has 5 rings (SSSR count). The maximum atomic E-state index is 13.0. The van der Waals surface area contributed by atoms with Crippen LogP contribution in [-0.2, 0) is 18.9 Å². The van der Waals surface area contributed by atoms with Gasteiger partial charge >= 0.3 is 6.09 Å². The Morgan fingerprint density at radius 3 is 2.18 bits per heavy atom. The molecule has 1 saturated heterocycles. The van der Waals surface area contributed by atoms with Gasteiger partial charge < -0.3 is 38.4 Å². The highest BCUT2D eigenvalue weighted by molar-refractivity contribution is 5.83. The van der Waals surface area contributed by atoms with E-state index in [0.717, 1.165) is 65.3 Å². The zero-order valence-corrected chi connectivity index (χ0v) is 31.0. The van der Waals surface area contributed by atoms with E-state index in [1.807, 2.05) is 39.1 Å². The standard InChI is InChI=1S/C39H53N5O7/c1-8-18-48-25-26(2)36-40-23-31(42-36)28-13-11-27(12-14-28)29-15-16-30(35(50-22-20-47-7)34(29)49-21-19-46-6)32-24-41-37(43-32)33-10-9-17-44(33)38(45)51-39(3,4)5/h11-16,23-24,26,33H,8-10,17-22,25H2,1-7H3,(H,40,42)(H,41,43)/t26-,33-/m0/s1. The normalized spacial score (nSPS) is 15.3. The van der Waals surface area contributed by atoms with Crippen molar-refractivity contribution in [3.8, 4) is 45.1 Å². The van der Waals surface area contributed by atoms with E-state index >= 15 is 0 Å². The highest BCUT2D eigenvalue weighted by Crippen LogP contribution is 2.45. The largest absolute Gasteiger partial charge is 0.487 e. The SMILES string of the molecule is CCCOC[C@H](C)c1ncc(-c2ccc(-c3ccc(-c4cnc([C@@H]5CCCN5C(=O)OC(C)(C)C)[nH]4)c(OCCOC)c3OCCOC)cc2)[nH]1. The Balaban J connectivity index is 1.46. The number of carbonyl (C=O) groups is 1. The van der Waals surface area contributed by atoms with Crippen molar-refractivity contribution >= 4 is 6.09 Å². The van der Waals surface area contributed by atoms with Crippen LogP contribution in [0.15, 0.2) is 48.8 Å². The van der Waals surface area contributed by atoms with Crippen LogP contribution in [0.25, 0.3) is 33.6 Å².